The van der Waals surface area contributed by atoms with Crippen LogP contribution in [0.3, 0.4) is 0 Å². The third kappa shape index (κ3) is 5.50. The molecule has 0 aromatic heterocycles. The lowest BCUT2D eigenvalue weighted by molar-refractivity contribution is -0.124. The summed E-state index contributed by atoms with van der Waals surface area (Å²) >= 11 is 0. The third-order valence-corrected chi connectivity index (χ3v) is 3.55. The molecule has 1 rings (SSSR count). The van der Waals surface area contributed by atoms with Crippen molar-refractivity contribution in [3.8, 4) is 0 Å². The standard InChI is InChI=1S/C13H27N3O/c1-11(13(17)14-2)10-16(3)9-7-12-6-4-5-8-15-12/h11-12,15H,4-10H2,1-3H3,(H,14,17). The Bertz CT molecular complexity index is 227. The van der Waals surface area contributed by atoms with Gasteiger partial charge in [0.25, 0.3) is 0 Å². The number of carbonyl (C=O) groups is 1. The van der Waals surface area contributed by atoms with Crippen LogP contribution >= 0.6 is 0 Å². The van der Waals surface area contributed by atoms with Crippen LogP contribution in [0.25, 0.3) is 0 Å². The third-order valence-electron chi connectivity index (χ3n) is 3.55. The summed E-state index contributed by atoms with van der Waals surface area (Å²) < 4.78 is 0. The molecule has 4 nitrogen and oxygen atoms in total. The average molecular weight is 241 g/mol. The van der Waals surface area contributed by atoms with Crippen molar-refractivity contribution in [2.24, 2.45) is 5.92 Å². The zero-order chi connectivity index (χ0) is 12.7. The first-order valence-electron chi connectivity index (χ1n) is 6.77. The molecule has 0 aromatic carbocycles. The van der Waals surface area contributed by atoms with Crippen molar-refractivity contribution in [2.45, 2.75) is 38.6 Å². The van der Waals surface area contributed by atoms with Gasteiger partial charge in [-0.3, -0.25) is 4.79 Å². The maximum Gasteiger partial charge on any atom is 0.223 e. The van der Waals surface area contributed by atoms with Crippen LogP contribution in [-0.2, 0) is 4.79 Å². The fourth-order valence-corrected chi connectivity index (χ4v) is 2.43. The smallest absolute Gasteiger partial charge is 0.223 e. The Balaban J connectivity index is 2.15. The predicted molar refractivity (Wildman–Crippen MR) is 71.0 cm³/mol. The van der Waals surface area contributed by atoms with Gasteiger partial charge in [-0.1, -0.05) is 13.3 Å². The molecule has 17 heavy (non-hydrogen) atoms. The highest BCUT2D eigenvalue weighted by Crippen LogP contribution is 2.10. The van der Waals surface area contributed by atoms with E-state index < -0.39 is 0 Å². The van der Waals surface area contributed by atoms with Gasteiger partial charge in [-0.25, -0.2) is 0 Å². The number of amides is 1. The minimum Gasteiger partial charge on any atom is -0.359 e. The number of nitrogens with zero attached hydrogens (tertiary/aromatic N) is 1. The van der Waals surface area contributed by atoms with E-state index in [2.05, 4.69) is 22.6 Å². The van der Waals surface area contributed by atoms with Gasteiger partial charge in [0, 0.05) is 25.6 Å². The second kappa shape index (κ2) is 7.67. The summed E-state index contributed by atoms with van der Waals surface area (Å²) in [6.07, 6.45) is 5.17. The topological polar surface area (TPSA) is 44.4 Å². The molecule has 2 unspecified atom stereocenters. The van der Waals surface area contributed by atoms with Crippen molar-refractivity contribution in [3.63, 3.8) is 0 Å². The van der Waals surface area contributed by atoms with Gasteiger partial charge in [-0.15, -0.1) is 0 Å². The van der Waals surface area contributed by atoms with Gasteiger partial charge in [-0.05, 0) is 39.4 Å². The predicted octanol–water partition coefficient (Wildman–Crippen LogP) is 0.833. The highest BCUT2D eigenvalue weighted by molar-refractivity contribution is 5.78. The Morgan fingerprint density at radius 2 is 2.29 bits per heavy atom. The molecule has 0 bridgehead atoms. The minimum atomic E-state index is 0.0734. The van der Waals surface area contributed by atoms with Gasteiger partial charge in [-0.2, -0.15) is 0 Å². The number of hydrogen-bond donors (Lipinski definition) is 2. The molecule has 4 heteroatoms. The van der Waals surface area contributed by atoms with Crippen LogP contribution in [0.2, 0.25) is 0 Å². The van der Waals surface area contributed by atoms with E-state index in [1.165, 1.54) is 32.2 Å². The van der Waals surface area contributed by atoms with E-state index in [0.717, 1.165) is 13.1 Å². The van der Waals surface area contributed by atoms with Gasteiger partial charge in [0.1, 0.15) is 0 Å². The van der Waals surface area contributed by atoms with Crippen molar-refractivity contribution in [1.29, 1.82) is 0 Å². The van der Waals surface area contributed by atoms with Gasteiger partial charge in [0.05, 0.1) is 0 Å². The quantitative estimate of drug-likeness (QED) is 0.724. The zero-order valence-corrected chi connectivity index (χ0v) is 11.5. The summed E-state index contributed by atoms with van der Waals surface area (Å²) in [5.74, 6) is 0.206. The summed E-state index contributed by atoms with van der Waals surface area (Å²) in [5.41, 5.74) is 0. The largest absolute Gasteiger partial charge is 0.359 e. The number of hydrogen-bond acceptors (Lipinski definition) is 3. The van der Waals surface area contributed by atoms with E-state index >= 15 is 0 Å². The van der Waals surface area contributed by atoms with E-state index in [-0.39, 0.29) is 11.8 Å². The van der Waals surface area contributed by atoms with Crippen LogP contribution in [0, 0.1) is 5.92 Å². The fraction of sp³-hybridized carbons (Fsp3) is 0.923. The molecule has 1 aliphatic heterocycles. The molecule has 2 N–H and O–H groups in total. The first kappa shape index (κ1) is 14.5. The molecule has 0 aliphatic carbocycles. The van der Waals surface area contributed by atoms with E-state index in [0.29, 0.717) is 6.04 Å². The number of rotatable bonds is 6. The maximum absolute atomic E-state index is 11.4. The van der Waals surface area contributed by atoms with Crippen LogP contribution in [0.1, 0.15) is 32.6 Å². The molecule has 0 aromatic rings. The summed E-state index contributed by atoms with van der Waals surface area (Å²) in [6.45, 7) is 5.06. The van der Waals surface area contributed by atoms with Crippen LogP contribution in [0.4, 0.5) is 0 Å². The molecule has 1 saturated heterocycles. The highest BCUT2D eigenvalue weighted by Gasteiger charge is 2.16. The summed E-state index contributed by atoms with van der Waals surface area (Å²) in [6, 6.07) is 0.682. The van der Waals surface area contributed by atoms with Crippen molar-refractivity contribution >= 4 is 5.91 Å². The molecule has 0 spiro atoms. The van der Waals surface area contributed by atoms with E-state index in [9.17, 15) is 4.79 Å². The molecular formula is C13H27N3O. The maximum atomic E-state index is 11.4. The fourth-order valence-electron chi connectivity index (χ4n) is 2.43. The van der Waals surface area contributed by atoms with Crippen LogP contribution in [-0.4, -0.2) is 50.6 Å². The Labute approximate surface area is 105 Å². The van der Waals surface area contributed by atoms with E-state index in [4.69, 9.17) is 0 Å². The van der Waals surface area contributed by atoms with E-state index in [1.54, 1.807) is 7.05 Å². The Kier molecular flexibility index (Phi) is 6.52. The molecule has 1 aliphatic rings. The van der Waals surface area contributed by atoms with Gasteiger partial charge >= 0.3 is 0 Å². The second-order valence-electron chi connectivity index (χ2n) is 5.21. The Hall–Kier alpha value is -0.610. The van der Waals surface area contributed by atoms with Crippen molar-refractivity contribution in [2.75, 3.05) is 33.7 Å². The van der Waals surface area contributed by atoms with Crippen molar-refractivity contribution in [1.82, 2.24) is 15.5 Å². The lowest BCUT2D eigenvalue weighted by atomic mass is 10.0. The molecule has 1 fully saturated rings. The summed E-state index contributed by atoms with van der Waals surface area (Å²) in [4.78, 5) is 13.7. The van der Waals surface area contributed by atoms with Crippen LogP contribution in [0.15, 0.2) is 0 Å². The molecule has 0 saturated carbocycles. The molecule has 1 heterocycles. The first-order chi connectivity index (χ1) is 8.13. The zero-order valence-electron chi connectivity index (χ0n) is 11.5. The molecule has 1 amide bonds. The Morgan fingerprint density at radius 1 is 1.53 bits per heavy atom. The van der Waals surface area contributed by atoms with Crippen molar-refractivity contribution in [3.05, 3.63) is 0 Å². The Morgan fingerprint density at radius 3 is 2.88 bits per heavy atom. The number of piperidine rings is 1. The lowest BCUT2D eigenvalue weighted by Gasteiger charge is -2.26. The number of nitrogens with one attached hydrogen (secondary N) is 2. The SMILES string of the molecule is CNC(=O)C(C)CN(C)CCC1CCCCN1. The van der Waals surface area contributed by atoms with Crippen LogP contribution in [0.5, 0.6) is 0 Å². The second-order valence-corrected chi connectivity index (χ2v) is 5.21. The van der Waals surface area contributed by atoms with Gasteiger partial charge < -0.3 is 15.5 Å². The van der Waals surface area contributed by atoms with Gasteiger partial charge in [0.15, 0.2) is 0 Å². The number of carbonyl (C=O) groups excluding carboxylic acids is 1. The average Bonchev–Trinajstić information content (AvgIpc) is 2.36. The molecule has 2 atom stereocenters. The summed E-state index contributed by atoms with van der Waals surface area (Å²) in [7, 11) is 3.80. The molecular weight excluding hydrogens is 214 g/mol. The van der Waals surface area contributed by atoms with Crippen molar-refractivity contribution < 1.29 is 4.79 Å². The first-order valence-corrected chi connectivity index (χ1v) is 6.77. The van der Waals surface area contributed by atoms with E-state index in [1.807, 2.05) is 6.92 Å². The normalized spacial score (nSPS) is 22.5. The monoisotopic (exact) mass is 241 g/mol. The molecule has 100 valence electrons. The minimum absolute atomic E-state index is 0.0734. The molecule has 0 radical (unpaired) electrons. The van der Waals surface area contributed by atoms with Gasteiger partial charge in [0.2, 0.25) is 5.91 Å². The highest BCUT2D eigenvalue weighted by atomic mass is 16.1. The van der Waals surface area contributed by atoms with Crippen LogP contribution < -0.4 is 10.6 Å². The lowest BCUT2D eigenvalue weighted by Crippen LogP contribution is -2.39. The summed E-state index contributed by atoms with van der Waals surface area (Å²) in [5, 5.41) is 6.25.